The average molecular weight is 298 g/mol. The molecule has 1 saturated heterocycles. The highest BCUT2D eigenvalue weighted by Crippen LogP contribution is 2.14. The molecule has 0 saturated carbocycles. The summed E-state index contributed by atoms with van der Waals surface area (Å²) in [5, 5.41) is 7.86. The Morgan fingerprint density at radius 3 is 2.70 bits per heavy atom. The maximum Gasteiger partial charge on any atom is 0.251 e. The van der Waals surface area contributed by atoms with Crippen molar-refractivity contribution in [3.8, 4) is 0 Å². The second-order valence-corrected chi connectivity index (χ2v) is 6.40. The van der Waals surface area contributed by atoms with E-state index in [-0.39, 0.29) is 10.8 Å². The minimum Gasteiger partial charge on any atom is -0.381 e. The summed E-state index contributed by atoms with van der Waals surface area (Å²) in [7, 11) is -3.79. The lowest BCUT2D eigenvalue weighted by molar-refractivity contribution is 0.0642. The summed E-state index contributed by atoms with van der Waals surface area (Å²) in [6.45, 7) is 2.02. The molecule has 20 heavy (non-hydrogen) atoms. The largest absolute Gasteiger partial charge is 0.381 e. The molecule has 1 amide bonds. The van der Waals surface area contributed by atoms with E-state index in [1.165, 1.54) is 18.2 Å². The van der Waals surface area contributed by atoms with Crippen LogP contribution in [0.25, 0.3) is 0 Å². The number of amides is 1. The van der Waals surface area contributed by atoms with E-state index in [9.17, 15) is 13.2 Å². The molecule has 6 nitrogen and oxygen atoms in total. The molecule has 0 bridgehead atoms. The minimum absolute atomic E-state index is 0.0591. The highest BCUT2D eigenvalue weighted by molar-refractivity contribution is 7.89. The Morgan fingerprint density at radius 1 is 1.35 bits per heavy atom. The first-order valence-electron chi connectivity index (χ1n) is 6.45. The van der Waals surface area contributed by atoms with Crippen LogP contribution in [0.1, 0.15) is 23.2 Å². The zero-order valence-corrected chi connectivity index (χ0v) is 11.9. The van der Waals surface area contributed by atoms with Crippen molar-refractivity contribution in [2.75, 3.05) is 19.8 Å². The fraction of sp³-hybridized carbons (Fsp3) is 0.462. The Morgan fingerprint density at radius 2 is 2.05 bits per heavy atom. The molecule has 0 unspecified atom stereocenters. The number of rotatable bonds is 4. The van der Waals surface area contributed by atoms with Crippen LogP contribution in [0.2, 0.25) is 0 Å². The molecule has 1 heterocycles. The molecule has 1 fully saturated rings. The highest BCUT2D eigenvalue weighted by atomic mass is 32.2. The molecule has 110 valence electrons. The van der Waals surface area contributed by atoms with Crippen molar-refractivity contribution in [3.63, 3.8) is 0 Å². The normalized spacial score (nSPS) is 16.9. The molecule has 0 atom stereocenters. The summed E-state index contributed by atoms with van der Waals surface area (Å²) in [6, 6.07) is 5.72. The zero-order chi connectivity index (χ0) is 14.6. The second kappa shape index (κ2) is 6.34. The predicted octanol–water partition coefficient (Wildman–Crippen LogP) is 0.490. The maximum absolute atomic E-state index is 12.0. The monoisotopic (exact) mass is 298 g/mol. The molecule has 2 rings (SSSR count). The van der Waals surface area contributed by atoms with Crippen molar-refractivity contribution < 1.29 is 17.9 Å². The van der Waals surface area contributed by atoms with E-state index < -0.39 is 10.0 Å². The Bertz CT molecular complexity index is 580. The molecule has 7 heteroatoms. The van der Waals surface area contributed by atoms with E-state index >= 15 is 0 Å². The first kappa shape index (κ1) is 15.0. The molecule has 0 spiro atoms. The van der Waals surface area contributed by atoms with Crippen LogP contribution in [0.5, 0.6) is 0 Å². The molecular formula is C13H18N2O4S. The van der Waals surface area contributed by atoms with E-state index in [1.54, 1.807) is 6.07 Å². The fourth-order valence-corrected chi connectivity index (χ4v) is 2.66. The number of benzene rings is 1. The van der Waals surface area contributed by atoms with Crippen molar-refractivity contribution >= 4 is 15.9 Å². The predicted molar refractivity (Wildman–Crippen MR) is 73.7 cm³/mol. The van der Waals surface area contributed by atoms with Crippen LogP contribution in [0.4, 0.5) is 0 Å². The summed E-state index contributed by atoms with van der Waals surface area (Å²) >= 11 is 0. The summed E-state index contributed by atoms with van der Waals surface area (Å²) in [5.41, 5.74) is 0.295. The Balaban J connectivity index is 1.98. The molecule has 0 radical (unpaired) electrons. The first-order chi connectivity index (χ1) is 9.47. The molecular weight excluding hydrogens is 280 g/mol. The molecule has 0 aliphatic carbocycles. The number of ether oxygens (including phenoxy) is 1. The van der Waals surface area contributed by atoms with Gasteiger partial charge >= 0.3 is 0 Å². The van der Waals surface area contributed by atoms with Gasteiger partial charge in [0.25, 0.3) is 5.91 Å². The number of hydrogen-bond donors (Lipinski definition) is 2. The van der Waals surface area contributed by atoms with Crippen molar-refractivity contribution in [1.82, 2.24) is 5.32 Å². The van der Waals surface area contributed by atoms with Gasteiger partial charge in [0.1, 0.15) is 0 Å². The van der Waals surface area contributed by atoms with Crippen LogP contribution in [0.15, 0.2) is 29.2 Å². The van der Waals surface area contributed by atoms with Gasteiger partial charge in [0.15, 0.2) is 0 Å². The second-order valence-electron chi connectivity index (χ2n) is 4.84. The van der Waals surface area contributed by atoms with Gasteiger partial charge in [-0.2, -0.15) is 0 Å². The van der Waals surface area contributed by atoms with Gasteiger partial charge in [-0.3, -0.25) is 4.79 Å². The van der Waals surface area contributed by atoms with Crippen LogP contribution in [-0.4, -0.2) is 34.1 Å². The third-order valence-electron chi connectivity index (χ3n) is 3.32. The van der Waals surface area contributed by atoms with Gasteiger partial charge in [-0.05, 0) is 37.0 Å². The molecule has 1 aromatic rings. The third kappa shape index (κ3) is 4.03. The summed E-state index contributed by atoms with van der Waals surface area (Å²) < 4.78 is 27.7. The van der Waals surface area contributed by atoms with E-state index in [4.69, 9.17) is 9.88 Å². The third-order valence-corrected chi connectivity index (χ3v) is 4.23. The van der Waals surface area contributed by atoms with Gasteiger partial charge in [0.2, 0.25) is 10.0 Å². The van der Waals surface area contributed by atoms with Gasteiger partial charge in [0, 0.05) is 25.3 Å². The topological polar surface area (TPSA) is 98.5 Å². The lowest BCUT2D eigenvalue weighted by atomic mass is 10.0. The summed E-state index contributed by atoms with van der Waals surface area (Å²) in [6.07, 6.45) is 1.86. The zero-order valence-electron chi connectivity index (χ0n) is 11.0. The van der Waals surface area contributed by atoms with E-state index in [0.717, 1.165) is 26.1 Å². The van der Waals surface area contributed by atoms with Gasteiger partial charge in [0.05, 0.1) is 4.90 Å². The van der Waals surface area contributed by atoms with Crippen molar-refractivity contribution in [2.45, 2.75) is 17.7 Å². The Hall–Kier alpha value is -1.44. The maximum atomic E-state index is 12.0. The number of sulfonamides is 1. The van der Waals surface area contributed by atoms with Crippen LogP contribution in [0, 0.1) is 5.92 Å². The molecule has 1 aliphatic heterocycles. The van der Waals surface area contributed by atoms with Crippen molar-refractivity contribution in [3.05, 3.63) is 29.8 Å². The molecule has 0 aromatic heterocycles. The van der Waals surface area contributed by atoms with E-state index in [1.807, 2.05) is 0 Å². The SMILES string of the molecule is NS(=O)(=O)c1cccc(C(=O)NCC2CCOCC2)c1. The fourth-order valence-electron chi connectivity index (χ4n) is 2.10. The smallest absolute Gasteiger partial charge is 0.251 e. The Labute approximate surface area is 118 Å². The molecule has 1 aromatic carbocycles. The lowest BCUT2D eigenvalue weighted by Gasteiger charge is -2.22. The van der Waals surface area contributed by atoms with Crippen molar-refractivity contribution in [2.24, 2.45) is 11.1 Å². The van der Waals surface area contributed by atoms with Crippen LogP contribution >= 0.6 is 0 Å². The number of hydrogen-bond acceptors (Lipinski definition) is 4. The Kier molecular flexibility index (Phi) is 4.74. The molecule has 3 N–H and O–H groups in total. The summed E-state index contributed by atoms with van der Waals surface area (Å²) in [5.74, 6) is 0.121. The van der Waals surface area contributed by atoms with Crippen LogP contribution < -0.4 is 10.5 Å². The number of nitrogens with one attached hydrogen (secondary N) is 1. The molecule has 1 aliphatic rings. The van der Waals surface area contributed by atoms with Gasteiger partial charge in [-0.1, -0.05) is 6.07 Å². The van der Waals surface area contributed by atoms with E-state index in [2.05, 4.69) is 5.32 Å². The number of carbonyl (C=O) groups excluding carboxylic acids is 1. The number of primary sulfonamides is 1. The quantitative estimate of drug-likeness (QED) is 0.845. The van der Waals surface area contributed by atoms with Gasteiger partial charge in [-0.25, -0.2) is 13.6 Å². The first-order valence-corrected chi connectivity index (χ1v) is 8.00. The van der Waals surface area contributed by atoms with Crippen LogP contribution in [0.3, 0.4) is 0 Å². The highest BCUT2D eigenvalue weighted by Gasteiger charge is 2.16. The average Bonchev–Trinajstić information content (AvgIpc) is 2.45. The summed E-state index contributed by atoms with van der Waals surface area (Å²) in [4.78, 5) is 11.9. The standard InChI is InChI=1S/C13H18N2O4S/c14-20(17,18)12-3-1-2-11(8-12)13(16)15-9-10-4-6-19-7-5-10/h1-3,8,10H,4-7,9H2,(H,15,16)(H2,14,17,18). The van der Waals surface area contributed by atoms with Crippen LogP contribution in [-0.2, 0) is 14.8 Å². The number of carbonyl (C=O) groups is 1. The lowest BCUT2D eigenvalue weighted by Crippen LogP contribution is -2.32. The minimum atomic E-state index is -3.79. The van der Waals surface area contributed by atoms with E-state index in [0.29, 0.717) is 18.0 Å². The van der Waals surface area contributed by atoms with Crippen molar-refractivity contribution in [1.29, 1.82) is 0 Å². The van der Waals surface area contributed by atoms with Gasteiger partial charge < -0.3 is 10.1 Å². The van der Waals surface area contributed by atoms with Gasteiger partial charge in [-0.15, -0.1) is 0 Å². The number of nitrogens with two attached hydrogens (primary N) is 1.